The van der Waals surface area contributed by atoms with Crippen molar-refractivity contribution in [2.75, 3.05) is 0 Å². The number of furan rings is 1. The van der Waals surface area contributed by atoms with Gasteiger partial charge in [0.15, 0.2) is 17.5 Å². The van der Waals surface area contributed by atoms with Crippen LogP contribution in [0.15, 0.2) is 199 Å². The van der Waals surface area contributed by atoms with Gasteiger partial charge in [-0.3, -0.25) is 0 Å². The molecule has 10 aromatic carbocycles. The number of nitrogens with zero attached hydrogens (tertiary/aromatic N) is 4. The van der Waals surface area contributed by atoms with E-state index in [1.807, 2.05) is 12.1 Å². The molecule has 0 saturated carbocycles. The highest BCUT2D eigenvalue weighted by molar-refractivity contribution is 7.26. The average Bonchev–Trinajstić information content (AvgIpc) is 4.13. The fraction of sp³-hybridized carbons (Fsp3) is 0. The van der Waals surface area contributed by atoms with E-state index in [1.165, 1.54) is 72.7 Å². The second-order valence-electron chi connectivity index (χ2n) is 17.1. The molecule has 15 aromatic rings. The Morgan fingerprint density at radius 2 is 0.909 bits per heavy atom. The molecule has 0 amide bonds. The zero-order chi connectivity index (χ0) is 43.0. The van der Waals surface area contributed by atoms with Crippen LogP contribution in [0.4, 0.5) is 0 Å². The fourth-order valence-corrected chi connectivity index (χ4v) is 12.7. The highest BCUT2D eigenvalue weighted by Crippen LogP contribution is 2.46. The molecule has 0 unspecified atom stereocenters. The normalized spacial score (nSPS) is 12.2. The number of fused-ring (bicyclic) bond motifs is 15. The first-order chi connectivity index (χ1) is 32.7. The maximum Gasteiger partial charge on any atom is 0.166 e. The number of benzene rings is 10. The summed E-state index contributed by atoms with van der Waals surface area (Å²) in [6.45, 7) is 0. The van der Waals surface area contributed by atoms with Gasteiger partial charge in [0.25, 0.3) is 0 Å². The lowest BCUT2D eigenvalue weighted by Gasteiger charge is -2.16. The molecule has 0 aliphatic rings. The van der Waals surface area contributed by atoms with Crippen LogP contribution in [0.3, 0.4) is 0 Å². The van der Waals surface area contributed by atoms with Crippen LogP contribution in [0.2, 0.25) is 0 Å². The molecule has 0 saturated heterocycles. The summed E-state index contributed by atoms with van der Waals surface area (Å²) < 4.78 is 14.0. The lowest BCUT2D eigenvalue weighted by molar-refractivity contribution is 0.669. The number of hydrogen-bond donors (Lipinski definition) is 0. The minimum atomic E-state index is 0.576. The van der Waals surface area contributed by atoms with Crippen LogP contribution < -0.4 is 0 Å². The smallest absolute Gasteiger partial charge is 0.166 e. The Labute approximate surface area is 384 Å². The van der Waals surface area contributed by atoms with Gasteiger partial charge in [0.05, 0.1) is 22.3 Å². The monoisotopic (exact) mass is 876 g/mol. The summed E-state index contributed by atoms with van der Waals surface area (Å²) in [5.74, 6) is 1.80. The van der Waals surface area contributed by atoms with E-state index in [0.717, 1.165) is 55.3 Å². The van der Waals surface area contributed by atoms with Gasteiger partial charge in [0.2, 0.25) is 0 Å². The lowest BCUT2D eigenvalue weighted by Crippen LogP contribution is -2.04. The van der Waals surface area contributed by atoms with E-state index in [4.69, 9.17) is 19.4 Å². The molecule has 0 fully saturated rings. The highest BCUT2D eigenvalue weighted by Gasteiger charge is 2.26. The van der Waals surface area contributed by atoms with Gasteiger partial charge in [0, 0.05) is 73.0 Å². The molecule has 0 radical (unpaired) electrons. The number of para-hydroxylation sites is 1. The Morgan fingerprint density at radius 3 is 1.61 bits per heavy atom. The van der Waals surface area contributed by atoms with Gasteiger partial charge in [-0.1, -0.05) is 133 Å². The number of aromatic nitrogens is 4. The zero-order valence-corrected chi connectivity index (χ0v) is 36.6. The van der Waals surface area contributed by atoms with Crippen LogP contribution >= 0.6 is 22.7 Å². The molecule has 15 rings (SSSR count). The molecule has 306 valence electrons. The maximum absolute atomic E-state index is 6.68. The Hall–Kier alpha value is -8.23. The molecule has 66 heavy (non-hydrogen) atoms. The first kappa shape index (κ1) is 36.1. The van der Waals surface area contributed by atoms with Gasteiger partial charge in [-0.15, -0.1) is 22.7 Å². The Kier molecular flexibility index (Phi) is 7.47. The zero-order valence-electron chi connectivity index (χ0n) is 35.0. The van der Waals surface area contributed by atoms with E-state index in [2.05, 4.69) is 187 Å². The van der Waals surface area contributed by atoms with Crippen molar-refractivity contribution in [1.29, 1.82) is 0 Å². The molecule has 0 bridgehead atoms. The molecule has 0 aliphatic carbocycles. The van der Waals surface area contributed by atoms with E-state index in [1.54, 1.807) is 22.7 Å². The predicted molar refractivity (Wildman–Crippen MR) is 279 cm³/mol. The van der Waals surface area contributed by atoms with Gasteiger partial charge in [-0.2, -0.15) is 0 Å². The standard InChI is InChI=1S/C59H32N4OS2/c1-2-13-35-30-47-44(29-34(35)12-1)54-38-14-4-3-11-33(38)23-26-45(54)63(47)46-27-28-49-55(43-17-5-8-18-48(43)64-49)56(46)59-61-57(36-21-24-41-39-15-6-9-19-50(39)65-52(41)31-36)60-58(62-59)37-22-25-42-40-16-7-10-20-51(40)66-53(42)32-37/h1-32H. The highest BCUT2D eigenvalue weighted by atomic mass is 32.1. The van der Waals surface area contributed by atoms with E-state index >= 15 is 0 Å². The van der Waals surface area contributed by atoms with Gasteiger partial charge in [-0.05, 0) is 82.2 Å². The van der Waals surface area contributed by atoms with Crippen LogP contribution in [0, 0.1) is 0 Å². The largest absolute Gasteiger partial charge is 0.456 e. The van der Waals surface area contributed by atoms with Crippen molar-refractivity contribution in [3.63, 3.8) is 0 Å². The number of hydrogen-bond acceptors (Lipinski definition) is 6. The van der Waals surface area contributed by atoms with Crippen LogP contribution in [0.25, 0.3) is 145 Å². The summed E-state index contributed by atoms with van der Waals surface area (Å²) in [4.78, 5) is 16.5. The van der Waals surface area contributed by atoms with Gasteiger partial charge in [-0.25, -0.2) is 15.0 Å². The molecule has 0 N–H and O–H groups in total. The van der Waals surface area contributed by atoms with Crippen molar-refractivity contribution in [2.45, 2.75) is 0 Å². The molecule has 0 atom stereocenters. The van der Waals surface area contributed by atoms with Gasteiger partial charge < -0.3 is 8.98 Å². The molecule has 5 heterocycles. The summed E-state index contributed by atoms with van der Waals surface area (Å²) in [7, 11) is 0. The van der Waals surface area contributed by atoms with E-state index in [0.29, 0.717) is 17.5 Å². The second-order valence-corrected chi connectivity index (χ2v) is 19.3. The van der Waals surface area contributed by atoms with Crippen molar-refractivity contribution >= 4 is 128 Å². The van der Waals surface area contributed by atoms with Crippen LogP contribution in [-0.2, 0) is 0 Å². The molecule has 0 aliphatic heterocycles. The summed E-state index contributed by atoms with van der Waals surface area (Å²) in [5.41, 5.74) is 7.50. The summed E-state index contributed by atoms with van der Waals surface area (Å²) in [6, 6.07) is 69.7. The minimum absolute atomic E-state index is 0.576. The summed E-state index contributed by atoms with van der Waals surface area (Å²) >= 11 is 3.60. The van der Waals surface area contributed by atoms with Crippen molar-refractivity contribution < 1.29 is 4.42 Å². The second kappa shape index (κ2) is 13.6. The predicted octanol–water partition coefficient (Wildman–Crippen LogP) is 16.9. The SMILES string of the molecule is c1ccc2cc3c(cc2c1)c1c2ccccc2ccc1n3-c1ccc2oc3ccccc3c2c1-c1nc(-c2ccc3c(c2)sc2ccccc23)nc(-c2ccc3c(c2)sc2ccccc23)n1. The van der Waals surface area contributed by atoms with E-state index in [-0.39, 0.29) is 0 Å². The van der Waals surface area contributed by atoms with Crippen LogP contribution in [0.5, 0.6) is 0 Å². The van der Waals surface area contributed by atoms with Crippen molar-refractivity contribution in [2.24, 2.45) is 0 Å². The molecule has 7 heteroatoms. The third-order valence-corrected chi connectivity index (χ3v) is 15.7. The fourth-order valence-electron chi connectivity index (χ4n) is 10.4. The summed E-state index contributed by atoms with van der Waals surface area (Å²) in [5, 5.41) is 14.1. The quantitative estimate of drug-likeness (QED) is 0.177. The average molecular weight is 877 g/mol. The first-order valence-corrected chi connectivity index (χ1v) is 23.7. The van der Waals surface area contributed by atoms with E-state index in [9.17, 15) is 0 Å². The summed E-state index contributed by atoms with van der Waals surface area (Å²) in [6.07, 6.45) is 0. The Morgan fingerprint density at radius 1 is 0.348 bits per heavy atom. The van der Waals surface area contributed by atoms with Crippen molar-refractivity contribution in [3.8, 4) is 39.9 Å². The van der Waals surface area contributed by atoms with Gasteiger partial charge >= 0.3 is 0 Å². The molecule has 0 spiro atoms. The van der Waals surface area contributed by atoms with Crippen LogP contribution in [0.1, 0.15) is 0 Å². The number of thiophene rings is 2. The Bertz CT molecular complexity index is 4420. The molecular formula is C59H32N4OS2. The molecule has 5 nitrogen and oxygen atoms in total. The number of rotatable bonds is 4. The Balaban J connectivity index is 1.07. The molecule has 5 aromatic heterocycles. The third-order valence-electron chi connectivity index (χ3n) is 13.4. The van der Waals surface area contributed by atoms with Gasteiger partial charge in [0.1, 0.15) is 11.2 Å². The van der Waals surface area contributed by atoms with Crippen LogP contribution in [-0.4, -0.2) is 19.5 Å². The first-order valence-electron chi connectivity index (χ1n) is 22.1. The van der Waals surface area contributed by atoms with E-state index < -0.39 is 0 Å². The van der Waals surface area contributed by atoms with Crippen molar-refractivity contribution in [3.05, 3.63) is 194 Å². The topological polar surface area (TPSA) is 56.7 Å². The third kappa shape index (κ3) is 5.23. The minimum Gasteiger partial charge on any atom is -0.456 e. The maximum atomic E-state index is 6.68. The van der Waals surface area contributed by atoms with Crippen molar-refractivity contribution in [1.82, 2.24) is 19.5 Å². The molecular weight excluding hydrogens is 845 g/mol. The lowest BCUT2D eigenvalue weighted by atomic mass is 10.0.